The molecular weight excluding hydrogens is 291 g/mol. The molecule has 1 atom stereocenters. The van der Waals surface area contributed by atoms with E-state index in [2.05, 4.69) is 9.97 Å². The lowest BCUT2D eigenvalue weighted by atomic mass is 10.1. The van der Waals surface area contributed by atoms with Crippen LogP contribution >= 0.6 is 0 Å². The number of carboxylic acids is 1. The van der Waals surface area contributed by atoms with Crippen LogP contribution in [-0.4, -0.2) is 40.2 Å². The van der Waals surface area contributed by atoms with E-state index in [0.717, 1.165) is 12.6 Å². The highest BCUT2D eigenvalue weighted by molar-refractivity contribution is 5.92. The monoisotopic (exact) mass is 306 g/mol. The number of carboxylic acid groups (broad SMARTS) is 1. The quantitative estimate of drug-likeness (QED) is 0.749. The second-order valence-electron chi connectivity index (χ2n) is 5.43. The van der Waals surface area contributed by atoms with Gasteiger partial charge in [0.1, 0.15) is 11.2 Å². The van der Waals surface area contributed by atoms with Gasteiger partial charge in [-0.2, -0.15) is 0 Å². The first-order chi connectivity index (χ1) is 10.4. The Morgan fingerprint density at radius 1 is 1.59 bits per heavy atom. The number of halogens is 1. The number of nitrogens with two attached hydrogens (primary N) is 1. The molecule has 1 unspecified atom stereocenters. The van der Waals surface area contributed by atoms with Gasteiger partial charge in [0.2, 0.25) is 5.43 Å². The maximum absolute atomic E-state index is 14.6. The van der Waals surface area contributed by atoms with Crippen molar-refractivity contribution < 1.29 is 14.3 Å². The molecule has 0 aromatic carbocycles. The van der Waals surface area contributed by atoms with E-state index in [-0.39, 0.29) is 28.5 Å². The molecule has 4 N–H and O–H groups in total. The molecule has 0 bridgehead atoms. The van der Waals surface area contributed by atoms with Crippen molar-refractivity contribution >= 4 is 22.8 Å². The predicted molar refractivity (Wildman–Crippen MR) is 78.8 cm³/mol. The number of aromatic amines is 1. The van der Waals surface area contributed by atoms with E-state index in [9.17, 15) is 14.0 Å². The Morgan fingerprint density at radius 2 is 2.32 bits per heavy atom. The number of fused-ring (bicyclic) bond motifs is 1. The number of pyridine rings is 2. The predicted octanol–water partition coefficient (Wildman–Crippen LogP) is 0.606. The molecule has 1 saturated heterocycles. The van der Waals surface area contributed by atoms with E-state index in [1.54, 1.807) is 4.90 Å². The van der Waals surface area contributed by atoms with Crippen LogP contribution < -0.4 is 16.1 Å². The number of hydrogen-bond acceptors (Lipinski definition) is 5. The molecule has 2 aromatic rings. The first-order valence-electron chi connectivity index (χ1n) is 6.85. The SMILES string of the molecule is Cc1c(F)c(N2CCC(N)C2)nc2[nH]cc(C(=O)O)c(=O)c12. The number of anilines is 1. The lowest BCUT2D eigenvalue weighted by molar-refractivity contribution is 0.0695. The molecule has 0 radical (unpaired) electrons. The van der Waals surface area contributed by atoms with Gasteiger partial charge in [-0.3, -0.25) is 4.79 Å². The molecule has 3 rings (SSSR count). The first-order valence-corrected chi connectivity index (χ1v) is 6.85. The summed E-state index contributed by atoms with van der Waals surface area (Å²) in [6.45, 7) is 2.53. The van der Waals surface area contributed by atoms with Gasteiger partial charge >= 0.3 is 5.97 Å². The summed E-state index contributed by atoms with van der Waals surface area (Å²) in [5.74, 6) is -1.84. The summed E-state index contributed by atoms with van der Waals surface area (Å²) in [5.41, 5.74) is 4.91. The van der Waals surface area contributed by atoms with Crippen molar-refractivity contribution in [2.75, 3.05) is 18.0 Å². The Labute approximate surface area is 124 Å². The maximum Gasteiger partial charge on any atom is 0.341 e. The molecule has 2 aromatic heterocycles. The minimum Gasteiger partial charge on any atom is -0.477 e. The Morgan fingerprint density at radius 3 is 2.91 bits per heavy atom. The van der Waals surface area contributed by atoms with Crippen LogP contribution in [-0.2, 0) is 0 Å². The zero-order chi connectivity index (χ0) is 16.0. The fourth-order valence-corrected chi connectivity index (χ4v) is 2.74. The molecule has 0 spiro atoms. The molecule has 1 aliphatic heterocycles. The summed E-state index contributed by atoms with van der Waals surface area (Å²) in [4.78, 5) is 31.8. The Bertz CT molecular complexity index is 833. The van der Waals surface area contributed by atoms with Crippen molar-refractivity contribution in [2.24, 2.45) is 5.73 Å². The van der Waals surface area contributed by atoms with Crippen molar-refractivity contribution in [2.45, 2.75) is 19.4 Å². The molecule has 22 heavy (non-hydrogen) atoms. The van der Waals surface area contributed by atoms with E-state index < -0.39 is 22.8 Å². The van der Waals surface area contributed by atoms with Gasteiger partial charge in [-0.25, -0.2) is 14.2 Å². The van der Waals surface area contributed by atoms with Gasteiger partial charge in [0.05, 0.1) is 5.39 Å². The summed E-state index contributed by atoms with van der Waals surface area (Å²) >= 11 is 0. The molecule has 3 heterocycles. The Balaban J connectivity index is 2.24. The zero-order valence-corrected chi connectivity index (χ0v) is 11.9. The van der Waals surface area contributed by atoms with Crippen LogP contribution in [0.25, 0.3) is 11.0 Å². The number of carbonyl (C=O) groups is 1. The molecule has 7 nitrogen and oxygen atoms in total. The van der Waals surface area contributed by atoms with Gasteiger partial charge in [-0.15, -0.1) is 0 Å². The third-order valence-corrected chi connectivity index (χ3v) is 3.93. The number of hydrogen-bond donors (Lipinski definition) is 3. The van der Waals surface area contributed by atoms with E-state index in [1.807, 2.05) is 0 Å². The smallest absolute Gasteiger partial charge is 0.341 e. The number of nitrogens with one attached hydrogen (secondary N) is 1. The van der Waals surface area contributed by atoms with E-state index in [1.165, 1.54) is 6.92 Å². The van der Waals surface area contributed by atoms with Crippen molar-refractivity contribution in [1.29, 1.82) is 0 Å². The number of H-pyrrole nitrogens is 1. The maximum atomic E-state index is 14.6. The molecule has 116 valence electrons. The lowest BCUT2D eigenvalue weighted by Gasteiger charge is -2.19. The van der Waals surface area contributed by atoms with Crippen LogP contribution in [0.3, 0.4) is 0 Å². The Hall–Kier alpha value is -2.48. The third-order valence-electron chi connectivity index (χ3n) is 3.93. The fraction of sp³-hybridized carbons (Fsp3) is 0.357. The summed E-state index contributed by atoms with van der Waals surface area (Å²) in [5, 5.41) is 8.95. The lowest BCUT2D eigenvalue weighted by Crippen LogP contribution is -2.28. The topological polar surface area (TPSA) is 112 Å². The minimum absolute atomic E-state index is 0.0364. The average Bonchev–Trinajstić information content (AvgIpc) is 2.88. The highest BCUT2D eigenvalue weighted by Gasteiger charge is 2.26. The van der Waals surface area contributed by atoms with Crippen LogP contribution in [0.2, 0.25) is 0 Å². The number of aromatic carboxylic acids is 1. The number of nitrogens with zero attached hydrogens (tertiary/aromatic N) is 2. The third kappa shape index (κ3) is 2.12. The largest absolute Gasteiger partial charge is 0.477 e. The highest BCUT2D eigenvalue weighted by atomic mass is 19.1. The van der Waals surface area contributed by atoms with Crippen molar-refractivity contribution in [3.05, 3.63) is 33.4 Å². The van der Waals surface area contributed by atoms with Gasteiger partial charge in [0.15, 0.2) is 11.6 Å². The van der Waals surface area contributed by atoms with E-state index in [4.69, 9.17) is 10.8 Å². The highest BCUT2D eigenvalue weighted by Crippen LogP contribution is 2.26. The van der Waals surface area contributed by atoms with Crippen molar-refractivity contribution in [3.8, 4) is 0 Å². The van der Waals surface area contributed by atoms with Crippen molar-refractivity contribution in [3.63, 3.8) is 0 Å². The molecule has 1 aliphatic rings. The molecular formula is C14H15FN4O3. The summed E-state index contributed by atoms with van der Waals surface area (Å²) in [7, 11) is 0. The van der Waals surface area contributed by atoms with Gasteiger partial charge in [-0.1, -0.05) is 0 Å². The van der Waals surface area contributed by atoms with Crippen LogP contribution in [0.5, 0.6) is 0 Å². The zero-order valence-electron chi connectivity index (χ0n) is 11.9. The van der Waals surface area contributed by atoms with Crippen LogP contribution in [0.15, 0.2) is 11.0 Å². The summed E-state index contributed by atoms with van der Waals surface area (Å²) in [6.07, 6.45) is 1.82. The summed E-state index contributed by atoms with van der Waals surface area (Å²) < 4.78 is 14.6. The number of aromatic nitrogens is 2. The van der Waals surface area contributed by atoms with Crippen LogP contribution in [0.4, 0.5) is 10.2 Å². The van der Waals surface area contributed by atoms with E-state index >= 15 is 0 Å². The molecule has 0 amide bonds. The molecule has 0 aliphatic carbocycles. The number of rotatable bonds is 2. The Kier molecular flexibility index (Phi) is 3.32. The average molecular weight is 306 g/mol. The first kappa shape index (κ1) is 14.5. The van der Waals surface area contributed by atoms with Crippen LogP contribution in [0, 0.1) is 12.7 Å². The van der Waals surface area contributed by atoms with Gasteiger partial charge in [0.25, 0.3) is 0 Å². The standard InChI is InChI=1S/C14H15FN4O3/c1-6-9-11(20)8(14(21)22)4-17-12(9)18-13(10(6)15)19-3-2-7(16)5-19/h4,7H,2-3,5,16H2,1H3,(H,21,22)(H,17,18,20). The van der Waals surface area contributed by atoms with Gasteiger partial charge in [-0.05, 0) is 13.3 Å². The summed E-state index contributed by atoms with van der Waals surface area (Å²) in [6, 6.07) is -0.0364. The molecule has 1 fully saturated rings. The van der Waals surface area contributed by atoms with Crippen molar-refractivity contribution in [1.82, 2.24) is 9.97 Å². The second-order valence-corrected chi connectivity index (χ2v) is 5.43. The molecule has 0 saturated carbocycles. The second kappa shape index (κ2) is 5.06. The van der Waals surface area contributed by atoms with E-state index in [0.29, 0.717) is 13.1 Å². The van der Waals surface area contributed by atoms with Gasteiger partial charge in [0, 0.05) is 30.9 Å². The molecule has 8 heteroatoms. The minimum atomic E-state index is -1.36. The van der Waals surface area contributed by atoms with Crippen LogP contribution in [0.1, 0.15) is 22.3 Å². The van der Waals surface area contributed by atoms with Gasteiger partial charge < -0.3 is 20.7 Å². The normalized spacial score (nSPS) is 18.1. The fourth-order valence-electron chi connectivity index (χ4n) is 2.74. The number of aryl methyl sites for hydroxylation is 1.